The predicted octanol–water partition coefficient (Wildman–Crippen LogP) is 4.68. The first-order valence-corrected chi connectivity index (χ1v) is 9.09. The number of thioether (sulfide) groups is 1. The van der Waals surface area contributed by atoms with Gasteiger partial charge in [0.2, 0.25) is 0 Å². The third-order valence-corrected chi connectivity index (χ3v) is 5.76. The fourth-order valence-electron chi connectivity index (χ4n) is 3.17. The summed E-state index contributed by atoms with van der Waals surface area (Å²) in [5.41, 5.74) is 2.04. The summed E-state index contributed by atoms with van der Waals surface area (Å²) in [5.74, 6) is 1.99. The molecule has 2 aromatic rings. The highest BCUT2D eigenvalue weighted by Crippen LogP contribution is 2.36. The molecule has 1 aliphatic carbocycles. The van der Waals surface area contributed by atoms with E-state index in [2.05, 4.69) is 50.5 Å². The molecule has 2 aliphatic rings. The Morgan fingerprint density at radius 2 is 2.24 bits per heavy atom. The number of hydrogen-bond donors (Lipinski definition) is 1. The number of aromatic nitrogens is 1. The molecule has 1 aromatic carbocycles. The smallest absolute Gasteiger partial charge is 0.161 e. The third kappa shape index (κ3) is 2.69. The average Bonchev–Trinajstić information content (AvgIpc) is 2.95. The molecule has 3 nitrogen and oxygen atoms in total. The minimum absolute atomic E-state index is 0.533. The second kappa shape index (κ2) is 5.61. The van der Waals surface area contributed by atoms with Crippen molar-refractivity contribution in [2.24, 2.45) is 10.9 Å². The Morgan fingerprint density at radius 3 is 3.19 bits per heavy atom. The van der Waals surface area contributed by atoms with Crippen LogP contribution >= 0.6 is 27.7 Å². The van der Waals surface area contributed by atoms with Crippen LogP contribution in [0.2, 0.25) is 0 Å². The van der Waals surface area contributed by atoms with E-state index in [0.717, 1.165) is 32.1 Å². The lowest BCUT2D eigenvalue weighted by molar-refractivity contribution is 0.535. The zero-order chi connectivity index (χ0) is 14.2. The van der Waals surface area contributed by atoms with Crippen LogP contribution in [0.1, 0.15) is 19.3 Å². The van der Waals surface area contributed by atoms with Crippen molar-refractivity contribution in [3.05, 3.63) is 34.9 Å². The van der Waals surface area contributed by atoms with Gasteiger partial charge in [-0.2, -0.15) is 0 Å². The van der Waals surface area contributed by atoms with Gasteiger partial charge in [-0.3, -0.25) is 9.98 Å². The quantitative estimate of drug-likeness (QED) is 0.800. The fourth-order valence-corrected chi connectivity index (χ4v) is 4.68. The van der Waals surface area contributed by atoms with Gasteiger partial charge >= 0.3 is 0 Å². The maximum absolute atomic E-state index is 4.89. The minimum Gasteiger partial charge on any atom is -0.333 e. The lowest BCUT2D eigenvalue weighted by Crippen LogP contribution is -2.25. The van der Waals surface area contributed by atoms with E-state index in [1.54, 1.807) is 0 Å². The number of amidine groups is 1. The zero-order valence-corrected chi connectivity index (χ0v) is 14.0. The number of benzene rings is 1. The molecule has 1 aliphatic heterocycles. The molecule has 0 spiro atoms. The molecule has 21 heavy (non-hydrogen) atoms. The van der Waals surface area contributed by atoms with E-state index < -0.39 is 0 Å². The number of fused-ring (bicyclic) bond motifs is 2. The minimum atomic E-state index is 0.533. The number of pyridine rings is 1. The molecule has 0 saturated heterocycles. The summed E-state index contributed by atoms with van der Waals surface area (Å²) in [6.45, 7) is 0. The first-order chi connectivity index (χ1) is 10.3. The van der Waals surface area contributed by atoms with Crippen molar-refractivity contribution in [2.45, 2.75) is 25.3 Å². The molecular weight excluding hydrogens is 346 g/mol. The maximum atomic E-state index is 4.89. The standard InChI is InChI=1S/C16H16BrN3S/c17-12-7-10-3-1-6-14(15(10)18-8-12)20-16-19-13-5-2-4-11(13)9-21-16/h1,3,6-8,11,13H,2,4-5,9H2,(H,19,20). The summed E-state index contributed by atoms with van der Waals surface area (Å²) in [6, 6.07) is 8.85. The molecule has 1 aromatic heterocycles. The van der Waals surface area contributed by atoms with Crippen LogP contribution in [0.15, 0.2) is 39.9 Å². The number of halogens is 1. The topological polar surface area (TPSA) is 37.3 Å². The highest BCUT2D eigenvalue weighted by molar-refractivity contribution is 9.10. The third-order valence-electron chi connectivity index (χ3n) is 4.26. The number of para-hydroxylation sites is 1. The van der Waals surface area contributed by atoms with Crippen molar-refractivity contribution < 1.29 is 0 Å². The van der Waals surface area contributed by atoms with E-state index >= 15 is 0 Å². The number of aliphatic imine (C=N–C) groups is 1. The summed E-state index contributed by atoms with van der Waals surface area (Å²) >= 11 is 5.32. The Morgan fingerprint density at radius 1 is 1.29 bits per heavy atom. The van der Waals surface area contributed by atoms with E-state index in [0.29, 0.717) is 6.04 Å². The number of nitrogens with zero attached hydrogens (tertiary/aromatic N) is 2. The van der Waals surface area contributed by atoms with Gasteiger partial charge < -0.3 is 5.32 Å². The van der Waals surface area contributed by atoms with Gasteiger partial charge in [0, 0.05) is 21.8 Å². The van der Waals surface area contributed by atoms with Crippen molar-refractivity contribution in [1.29, 1.82) is 0 Å². The maximum Gasteiger partial charge on any atom is 0.161 e. The van der Waals surface area contributed by atoms with Crippen LogP contribution in [-0.4, -0.2) is 21.9 Å². The SMILES string of the molecule is Brc1cnc2c(NC3=NC4CCCC4CS3)cccc2c1. The van der Waals surface area contributed by atoms with Crippen LogP contribution in [-0.2, 0) is 0 Å². The molecule has 108 valence electrons. The van der Waals surface area contributed by atoms with Gasteiger partial charge in [0.15, 0.2) is 5.17 Å². The van der Waals surface area contributed by atoms with Gasteiger partial charge in [0.25, 0.3) is 0 Å². The lowest BCUT2D eigenvalue weighted by Gasteiger charge is -2.23. The Balaban J connectivity index is 1.65. The molecule has 0 bridgehead atoms. The van der Waals surface area contributed by atoms with E-state index in [9.17, 15) is 0 Å². The van der Waals surface area contributed by atoms with Crippen molar-refractivity contribution in [2.75, 3.05) is 11.1 Å². The van der Waals surface area contributed by atoms with Crippen LogP contribution in [0, 0.1) is 5.92 Å². The van der Waals surface area contributed by atoms with Crippen LogP contribution in [0.3, 0.4) is 0 Å². The van der Waals surface area contributed by atoms with Crippen LogP contribution in [0.25, 0.3) is 10.9 Å². The van der Waals surface area contributed by atoms with Crippen LogP contribution in [0.5, 0.6) is 0 Å². The van der Waals surface area contributed by atoms with Gasteiger partial charge in [-0.05, 0) is 46.8 Å². The normalized spacial score (nSPS) is 24.7. The van der Waals surface area contributed by atoms with E-state index in [4.69, 9.17) is 4.99 Å². The Kier molecular flexibility index (Phi) is 3.63. The van der Waals surface area contributed by atoms with Gasteiger partial charge in [0.05, 0.1) is 17.2 Å². The molecule has 1 N–H and O–H groups in total. The highest BCUT2D eigenvalue weighted by atomic mass is 79.9. The molecule has 2 unspecified atom stereocenters. The average molecular weight is 362 g/mol. The Bertz CT molecular complexity index is 716. The van der Waals surface area contributed by atoms with Gasteiger partial charge in [-0.1, -0.05) is 30.3 Å². The molecule has 5 heteroatoms. The first kappa shape index (κ1) is 13.6. The van der Waals surface area contributed by atoms with Crippen LogP contribution < -0.4 is 5.32 Å². The zero-order valence-electron chi connectivity index (χ0n) is 11.6. The van der Waals surface area contributed by atoms with Crippen molar-refractivity contribution >= 4 is 49.4 Å². The summed E-state index contributed by atoms with van der Waals surface area (Å²) in [4.78, 5) is 9.43. The molecule has 2 heterocycles. The van der Waals surface area contributed by atoms with E-state index in [1.807, 2.05) is 18.0 Å². The molecule has 2 atom stereocenters. The number of hydrogen-bond acceptors (Lipinski definition) is 4. The molecule has 0 radical (unpaired) electrons. The monoisotopic (exact) mass is 361 g/mol. The van der Waals surface area contributed by atoms with Crippen molar-refractivity contribution in [3.63, 3.8) is 0 Å². The number of rotatable bonds is 1. The summed E-state index contributed by atoms with van der Waals surface area (Å²) in [6.07, 6.45) is 5.77. The van der Waals surface area contributed by atoms with Gasteiger partial charge in [-0.25, -0.2) is 0 Å². The van der Waals surface area contributed by atoms with Gasteiger partial charge in [0.1, 0.15) is 0 Å². The predicted molar refractivity (Wildman–Crippen MR) is 94.1 cm³/mol. The van der Waals surface area contributed by atoms with E-state index in [1.165, 1.54) is 25.0 Å². The van der Waals surface area contributed by atoms with Crippen LogP contribution in [0.4, 0.5) is 5.69 Å². The van der Waals surface area contributed by atoms with Crippen molar-refractivity contribution in [1.82, 2.24) is 4.98 Å². The summed E-state index contributed by atoms with van der Waals surface area (Å²) in [7, 11) is 0. The summed E-state index contributed by atoms with van der Waals surface area (Å²) in [5, 5.41) is 5.68. The van der Waals surface area contributed by atoms with Gasteiger partial charge in [-0.15, -0.1) is 0 Å². The number of anilines is 1. The number of nitrogens with one attached hydrogen (secondary N) is 1. The Labute approximate surface area is 136 Å². The molecule has 4 rings (SSSR count). The Hall–Kier alpha value is -1.07. The summed E-state index contributed by atoms with van der Waals surface area (Å²) < 4.78 is 1.00. The fraction of sp³-hybridized carbons (Fsp3) is 0.375. The lowest BCUT2D eigenvalue weighted by atomic mass is 10.1. The van der Waals surface area contributed by atoms with E-state index in [-0.39, 0.29) is 0 Å². The second-order valence-corrected chi connectivity index (χ2v) is 7.58. The second-order valence-electron chi connectivity index (χ2n) is 5.66. The molecule has 1 saturated carbocycles. The molecule has 0 amide bonds. The first-order valence-electron chi connectivity index (χ1n) is 7.31. The molecule has 1 fully saturated rings. The highest BCUT2D eigenvalue weighted by Gasteiger charge is 2.31. The van der Waals surface area contributed by atoms with Crippen molar-refractivity contribution in [3.8, 4) is 0 Å². The largest absolute Gasteiger partial charge is 0.333 e. The molecular formula is C16H16BrN3S.